The molecule has 5 heteroatoms. The number of amides is 1. The first-order chi connectivity index (χ1) is 6.09. The third-order valence-electron chi connectivity index (χ3n) is 1.56. The van der Waals surface area contributed by atoms with Crippen molar-refractivity contribution in [2.24, 2.45) is 0 Å². The lowest BCUT2D eigenvalue weighted by molar-refractivity contribution is -0.125. The molecule has 0 aromatic rings. The molecule has 1 rings (SSSR count). The normalized spacial score (nSPS) is 22.8. The second kappa shape index (κ2) is 4.04. The smallest absolute Gasteiger partial charge is 0.268 e. The number of carbonyl (C=O) groups excluding carboxylic acids is 2. The van der Waals surface area contributed by atoms with Gasteiger partial charge in [-0.05, 0) is 19.9 Å². The van der Waals surface area contributed by atoms with Gasteiger partial charge in [0.15, 0.2) is 5.78 Å². The fourth-order valence-corrected chi connectivity index (χ4v) is 1.07. The molecule has 1 atom stereocenters. The van der Waals surface area contributed by atoms with Gasteiger partial charge in [-0.25, -0.2) is 5.48 Å². The van der Waals surface area contributed by atoms with E-state index >= 15 is 0 Å². The number of ketones is 1. The van der Waals surface area contributed by atoms with Gasteiger partial charge in [0.1, 0.15) is 12.6 Å². The molecule has 2 N–H and O–H groups in total. The molecule has 0 radical (unpaired) electrons. The SMILES string of the molecule is CC(=O)/C=C(\C)NC1CONC1=O. The average Bonchev–Trinajstić information content (AvgIpc) is 2.34. The predicted molar refractivity (Wildman–Crippen MR) is 45.5 cm³/mol. The lowest BCUT2D eigenvalue weighted by atomic mass is 10.2. The van der Waals surface area contributed by atoms with E-state index in [1.807, 2.05) is 0 Å². The van der Waals surface area contributed by atoms with Crippen LogP contribution in [0.5, 0.6) is 0 Å². The van der Waals surface area contributed by atoms with E-state index in [1.165, 1.54) is 13.0 Å². The molecular formula is C8H12N2O3. The van der Waals surface area contributed by atoms with Gasteiger partial charge in [-0.2, -0.15) is 0 Å². The topological polar surface area (TPSA) is 67.4 Å². The molecule has 13 heavy (non-hydrogen) atoms. The summed E-state index contributed by atoms with van der Waals surface area (Å²) >= 11 is 0. The largest absolute Gasteiger partial charge is 0.375 e. The van der Waals surface area contributed by atoms with E-state index in [1.54, 1.807) is 6.92 Å². The van der Waals surface area contributed by atoms with Crippen LogP contribution in [0.4, 0.5) is 0 Å². The van der Waals surface area contributed by atoms with Crippen LogP contribution < -0.4 is 10.8 Å². The Bertz CT molecular complexity index is 260. The third-order valence-corrected chi connectivity index (χ3v) is 1.56. The van der Waals surface area contributed by atoms with Crippen molar-refractivity contribution in [2.45, 2.75) is 19.9 Å². The predicted octanol–water partition coefficient (Wildman–Crippen LogP) is -0.501. The Balaban J connectivity index is 2.48. The quantitative estimate of drug-likeness (QED) is 0.580. The van der Waals surface area contributed by atoms with Crippen molar-refractivity contribution in [3.8, 4) is 0 Å². The van der Waals surface area contributed by atoms with Crippen molar-refractivity contribution in [3.63, 3.8) is 0 Å². The number of rotatable bonds is 3. The summed E-state index contributed by atoms with van der Waals surface area (Å²) in [5, 5.41) is 2.86. The highest BCUT2D eigenvalue weighted by atomic mass is 16.7. The Morgan fingerprint density at radius 3 is 2.85 bits per heavy atom. The summed E-state index contributed by atoms with van der Waals surface area (Å²) in [7, 11) is 0. The minimum Gasteiger partial charge on any atom is -0.375 e. The van der Waals surface area contributed by atoms with E-state index in [9.17, 15) is 9.59 Å². The first kappa shape index (κ1) is 9.73. The highest BCUT2D eigenvalue weighted by molar-refractivity contribution is 5.88. The fraction of sp³-hybridized carbons (Fsp3) is 0.500. The molecule has 1 amide bonds. The van der Waals surface area contributed by atoms with Gasteiger partial charge < -0.3 is 5.32 Å². The summed E-state index contributed by atoms with van der Waals surface area (Å²) in [5.74, 6) is -0.263. The molecule has 1 aliphatic rings. The summed E-state index contributed by atoms with van der Waals surface area (Å²) in [6.45, 7) is 3.46. The molecule has 5 nitrogen and oxygen atoms in total. The zero-order chi connectivity index (χ0) is 9.84. The van der Waals surface area contributed by atoms with Gasteiger partial charge in [0.05, 0.1) is 0 Å². The molecule has 0 aromatic heterocycles. The highest BCUT2D eigenvalue weighted by Crippen LogP contribution is 1.98. The molecule has 0 saturated carbocycles. The van der Waals surface area contributed by atoms with Gasteiger partial charge in [-0.1, -0.05) is 0 Å². The van der Waals surface area contributed by atoms with E-state index in [0.29, 0.717) is 5.70 Å². The van der Waals surface area contributed by atoms with E-state index in [2.05, 4.69) is 10.8 Å². The zero-order valence-corrected chi connectivity index (χ0v) is 7.59. The Morgan fingerprint density at radius 2 is 2.38 bits per heavy atom. The Labute approximate surface area is 76.1 Å². The van der Waals surface area contributed by atoms with Crippen LogP contribution in [0.3, 0.4) is 0 Å². The summed E-state index contributed by atoms with van der Waals surface area (Å²) < 4.78 is 0. The van der Waals surface area contributed by atoms with Gasteiger partial charge in [0, 0.05) is 5.70 Å². The Morgan fingerprint density at radius 1 is 1.69 bits per heavy atom. The molecule has 1 aliphatic heterocycles. The Kier molecular flexibility index (Phi) is 3.02. The lowest BCUT2D eigenvalue weighted by Gasteiger charge is -2.08. The van der Waals surface area contributed by atoms with Crippen molar-refractivity contribution in [1.82, 2.24) is 10.8 Å². The summed E-state index contributed by atoms with van der Waals surface area (Å²) in [6.07, 6.45) is 1.44. The molecule has 0 aromatic carbocycles. The van der Waals surface area contributed by atoms with Crippen molar-refractivity contribution in [3.05, 3.63) is 11.8 Å². The zero-order valence-electron chi connectivity index (χ0n) is 7.59. The van der Waals surface area contributed by atoms with Gasteiger partial charge in [0.25, 0.3) is 5.91 Å². The molecule has 1 heterocycles. The van der Waals surface area contributed by atoms with Crippen LogP contribution in [0.25, 0.3) is 0 Å². The molecule has 0 aliphatic carbocycles. The minimum absolute atomic E-state index is 0.0516. The standard InChI is InChI=1S/C8H12N2O3/c1-5(3-6(2)11)9-7-4-13-10-8(7)12/h3,7,9H,4H2,1-2H3,(H,10,12)/b5-3+. The summed E-state index contributed by atoms with van der Waals surface area (Å²) in [5.41, 5.74) is 2.88. The molecule has 1 unspecified atom stereocenters. The van der Waals surface area contributed by atoms with Crippen molar-refractivity contribution < 1.29 is 14.4 Å². The molecule has 1 saturated heterocycles. The van der Waals surface area contributed by atoms with Crippen LogP contribution in [0.15, 0.2) is 11.8 Å². The lowest BCUT2D eigenvalue weighted by Crippen LogP contribution is -2.36. The number of carbonyl (C=O) groups is 2. The fourth-order valence-electron chi connectivity index (χ4n) is 1.07. The first-order valence-electron chi connectivity index (χ1n) is 3.96. The molecule has 0 bridgehead atoms. The van der Waals surface area contributed by atoms with Gasteiger partial charge >= 0.3 is 0 Å². The molecular weight excluding hydrogens is 172 g/mol. The van der Waals surface area contributed by atoms with Crippen molar-refractivity contribution >= 4 is 11.7 Å². The first-order valence-corrected chi connectivity index (χ1v) is 3.96. The van der Waals surface area contributed by atoms with Crippen LogP contribution in [-0.4, -0.2) is 24.3 Å². The van der Waals surface area contributed by atoms with Crippen LogP contribution in [0.2, 0.25) is 0 Å². The average molecular weight is 184 g/mol. The highest BCUT2D eigenvalue weighted by Gasteiger charge is 2.24. The summed E-state index contributed by atoms with van der Waals surface area (Å²) in [4.78, 5) is 26.3. The van der Waals surface area contributed by atoms with Crippen LogP contribution >= 0.6 is 0 Å². The van der Waals surface area contributed by atoms with Crippen LogP contribution in [0.1, 0.15) is 13.8 Å². The second-order valence-electron chi connectivity index (χ2n) is 2.91. The number of hydroxylamine groups is 1. The number of hydrogen-bond acceptors (Lipinski definition) is 4. The van der Waals surface area contributed by atoms with Crippen molar-refractivity contribution in [2.75, 3.05) is 6.61 Å². The van der Waals surface area contributed by atoms with E-state index < -0.39 is 6.04 Å². The van der Waals surface area contributed by atoms with Gasteiger partial charge in [-0.3, -0.25) is 14.4 Å². The minimum atomic E-state index is -0.393. The number of hydrogen-bond donors (Lipinski definition) is 2. The monoisotopic (exact) mass is 184 g/mol. The van der Waals surface area contributed by atoms with E-state index in [-0.39, 0.29) is 18.3 Å². The molecule has 72 valence electrons. The van der Waals surface area contributed by atoms with Crippen molar-refractivity contribution in [1.29, 1.82) is 0 Å². The number of nitrogens with one attached hydrogen (secondary N) is 2. The van der Waals surface area contributed by atoms with Crippen LogP contribution in [-0.2, 0) is 14.4 Å². The van der Waals surface area contributed by atoms with E-state index in [0.717, 1.165) is 0 Å². The molecule has 0 spiro atoms. The third kappa shape index (κ3) is 2.87. The maximum atomic E-state index is 11.0. The Hall–Kier alpha value is -1.36. The number of allylic oxidation sites excluding steroid dienone is 2. The maximum Gasteiger partial charge on any atom is 0.268 e. The molecule has 1 fully saturated rings. The van der Waals surface area contributed by atoms with Crippen LogP contribution in [0, 0.1) is 0 Å². The maximum absolute atomic E-state index is 11.0. The van der Waals surface area contributed by atoms with Gasteiger partial charge in [-0.15, -0.1) is 0 Å². The summed E-state index contributed by atoms with van der Waals surface area (Å²) in [6, 6.07) is -0.393. The van der Waals surface area contributed by atoms with Gasteiger partial charge in [0.2, 0.25) is 0 Å². The second-order valence-corrected chi connectivity index (χ2v) is 2.91. The van der Waals surface area contributed by atoms with E-state index in [4.69, 9.17) is 4.84 Å².